The number of hydrogen-bond donors (Lipinski definition) is 1. The van der Waals surface area contributed by atoms with E-state index in [1.54, 1.807) is 13.8 Å². The summed E-state index contributed by atoms with van der Waals surface area (Å²) in [4.78, 5) is 23.5. The summed E-state index contributed by atoms with van der Waals surface area (Å²) < 4.78 is 31.5. The molecule has 26 heavy (non-hydrogen) atoms. The summed E-state index contributed by atoms with van der Waals surface area (Å²) in [7, 11) is -3.76. The second-order valence-corrected chi connectivity index (χ2v) is 8.33. The van der Waals surface area contributed by atoms with Crippen molar-refractivity contribution in [1.82, 2.24) is 4.31 Å². The average Bonchev–Trinajstić information content (AvgIpc) is 2.54. The molecule has 0 spiro atoms. The highest BCUT2D eigenvalue weighted by Gasteiger charge is 2.27. The fourth-order valence-corrected chi connectivity index (χ4v) is 4.54. The van der Waals surface area contributed by atoms with Crippen molar-refractivity contribution < 1.29 is 22.7 Å². The molecule has 0 aliphatic heterocycles. The fraction of sp³-hybridized carbons (Fsp3) is 0.529. The number of rotatable bonds is 8. The first-order valence-corrected chi connectivity index (χ1v) is 10.4. The minimum absolute atomic E-state index is 0.0753. The van der Waals surface area contributed by atoms with E-state index in [-0.39, 0.29) is 27.5 Å². The largest absolute Gasteiger partial charge is 0.455 e. The Hall–Kier alpha value is -1.64. The van der Waals surface area contributed by atoms with Gasteiger partial charge >= 0.3 is 5.97 Å². The number of anilines is 1. The summed E-state index contributed by atoms with van der Waals surface area (Å²) in [5.74, 6) is -1.01. The van der Waals surface area contributed by atoms with Gasteiger partial charge in [-0.25, -0.2) is 8.42 Å². The van der Waals surface area contributed by atoms with Crippen molar-refractivity contribution in [3.8, 4) is 0 Å². The van der Waals surface area contributed by atoms with E-state index in [0.717, 1.165) is 19.3 Å². The summed E-state index contributed by atoms with van der Waals surface area (Å²) in [5, 5.41) is 2.60. The van der Waals surface area contributed by atoms with Crippen LogP contribution in [0.1, 0.15) is 33.1 Å². The van der Waals surface area contributed by atoms with Crippen LogP contribution < -0.4 is 5.32 Å². The molecule has 0 unspecified atom stereocenters. The second-order valence-electron chi connectivity index (χ2n) is 6.02. The first-order valence-electron chi connectivity index (χ1n) is 8.55. The molecule has 9 heteroatoms. The van der Waals surface area contributed by atoms with Crippen molar-refractivity contribution in [3.63, 3.8) is 0 Å². The molecule has 7 nitrogen and oxygen atoms in total. The van der Waals surface area contributed by atoms with Gasteiger partial charge in [0.15, 0.2) is 6.61 Å². The summed E-state index contributed by atoms with van der Waals surface area (Å²) in [6.07, 6.45) is 2.59. The van der Waals surface area contributed by atoms with Crippen LogP contribution in [0.2, 0.25) is 5.02 Å². The van der Waals surface area contributed by atoms with E-state index in [2.05, 4.69) is 5.32 Å². The number of nitrogens with one attached hydrogen (secondary N) is 1. The van der Waals surface area contributed by atoms with Gasteiger partial charge in [-0.1, -0.05) is 31.9 Å². The molecule has 0 bridgehead atoms. The third-order valence-corrected chi connectivity index (χ3v) is 6.85. The molecule has 1 aliphatic rings. The van der Waals surface area contributed by atoms with Gasteiger partial charge in [-0.05, 0) is 31.0 Å². The van der Waals surface area contributed by atoms with E-state index in [9.17, 15) is 18.0 Å². The molecular formula is C17H23ClN2O5S. The molecule has 144 valence electrons. The van der Waals surface area contributed by atoms with Crippen LogP contribution in [0, 0.1) is 5.92 Å². The molecule has 2 rings (SSSR count). The molecule has 0 saturated heterocycles. The molecule has 1 fully saturated rings. The Balaban J connectivity index is 2.06. The van der Waals surface area contributed by atoms with Crippen LogP contribution in [0.5, 0.6) is 0 Å². The summed E-state index contributed by atoms with van der Waals surface area (Å²) in [5.41, 5.74) is 0.268. The van der Waals surface area contributed by atoms with E-state index in [4.69, 9.17) is 16.3 Å². The van der Waals surface area contributed by atoms with Gasteiger partial charge in [-0.2, -0.15) is 4.31 Å². The lowest BCUT2D eigenvalue weighted by atomic mass is 9.86. The molecule has 1 aromatic carbocycles. The Morgan fingerprint density at radius 1 is 1.27 bits per heavy atom. The van der Waals surface area contributed by atoms with Crippen LogP contribution in [-0.4, -0.2) is 44.3 Å². The number of hydrogen-bond acceptors (Lipinski definition) is 5. The first kappa shape index (κ1) is 20.7. The van der Waals surface area contributed by atoms with Gasteiger partial charge in [-0.3, -0.25) is 9.59 Å². The molecule has 0 radical (unpaired) electrons. The van der Waals surface area contributed by atoms with Crippen LogP contribution in [0.3, 0.4) is 0 Å². The lowest BCUT2D eigenvalue weighted by Gasteiger charge is -2.22. The fourth-order valence-electron chi connectivity index (χ4n) is 2.58. The topological polar surface area (TPSA) is 92.8 Å². The Morgan fingerprint density at radius 2 is 1.92 bits per heavy atom. The second kappa shape index (κ2) is 8.83. The number of carbonyl (C=O) groups excluding carboxylic acids is 2. The van der Waals surface area contributed by atoms with Gasteiger partial charge in [0.1, 0.15) is 4.90 Å². The van der Waals surface area contributed by atoms with Crippen molar-refractivity contribution in [2.45, 2.75) is 38.0 Å². The van der Waals surface area contributed by atoms with Crippen molar-refractivity contribution in [1.29, 1.82) is 0 Å². The number of benzene rings is 1. The minimum atomic E-state index is -3.76. The van der Waals surface area contributed by atoms with Gasteiger partial charge in [0.25, 0.3) is 5.91 Å². The van der Waals surface area contributed by atoms with Crippen LogP contribution in [0.4, 0.5) is 5.69 Å². The molecule has 1 N–H and O–H groups in total. The van der Waals surface area contributed by atoms with Crippen molar-refractivity contribution >= 4 is 39.2 Å². The normalized spacial score (nSPS) is 14.8. The smallest absolute Gasteiger partial charge is 0.309 e. The molecule has 1 aliphatic carbocycles. The highest BCUT2D eigenvalue weighted by Crippen LogP contribution is 2.28. The van der Waals surface area contributed by atoms with Gasteiger partial charge in [0.2, 0.25) is 10.0 Å². The van der Waals surface area contributed by atoms with Crippen LogP contribution in [-0.2, 0) is 24.3 Å². The van der Waals surface area contributed by atoms with Crippen LogP contribution >= 0.6 is 11.6 Å². The van der Waals surface area contributed by atoms with E-state index in [0.29, 0.717) is 13.1 Å². The number of esters is 1. The molecule has 1 saturated carbocycles. The highest BCUT2D eigenvalue weighted by molar-refractivity contribution is 7.89. The molecule has 1 aromatic rings. The highest BCUT2D eigenvalue weighted by atomic mass is 35.5. The Morgan fingerprint density at radius 3 is 2.46 bits per heavy atom. The van der Waals surface area contributed by atoms with Gasteiger partial charge in [-0.15, -0.1) is 0 Å². The standard InChI is InChI=1S/C17H23ClN2O5S/c1-3-20(4-2)26(23,24)15-10-13(8-9-14(15)18)19-16(21)11-25-17(22)12-6-5-7-12/h8-10,12H,3-7,11H2,1-2H3,(H,19,21). The van der Waals surface area contributed by atoms with Crippen molar-refractivity contribution in [2.24, 2.45) is 5.92 Å². The van der Waals surface area contributed by atoms with Gasteiger partial charge in [0, 0.05) is 18.8 Å². The molecule has 0 aromatic heterocycles. The lowest BCUT2D eigenvalue weighted by molar-refractivity contribution is -0.154. The zero-order valence-electron chi connectivity index (χ0n) is 14.8. The third kappa shape index (κ3) is 4.75. The third-order valence-electron chi connectivity index (χ3n) is 4.32. The van der Waals surface area contributed by atoms with Crippen LogP contribution in [0.25, 0.3) is 0 Å². The number of amides is 1. The predicted molar refractivity (Wildman–Crippen MR) is 98.5 cm³/mol. The average molecular weight is 403 g/mol. The summed E-state index contributed by atoms with van der Waals surface area (Å²) in [6.45, 7) is 3.68. The van der Waals surface area contributed by atoms with E-state index < -0.39 is 22.5 Å². The maximum atomic E-state index is 12.6. The predicted octanol–water partition coefficient (Wildman–Crippen LogP) is 2.65. The lowest BCUT2D eigenvalue weighted by Crippen LogP contribution is -2.31. The molecule has 1 amide bonds. The number of carbonyl (C=O) groups is 2. The molecular weight excluding hydrogens is 380 g/mol. The van der Waals surface area contributed by atoms with E-state index >= 15 is 0 Å². The van der Waals surface area contributed by atoms with E-state index in [1.165, 1.54) is 22.5 Å². The first-order chi connectivity index (χ1) is 12.3. The van der Waals surface area contributed by atoms with Crippen molar-refractivity contribution in [3.05, 3.63) is 23.2 Å². The zero-order valence-corrected chi connectivity index (χ0v) is 16.4. The number of ether oxygens (including phenoxy) is 1. The molecule has 0 heterocycles. The Labute approximate surface area is 158 Å². The monoisotopic (exact) mass is 402 g/mol. The maximum Gasteiger partial charge on any atom is 0.309 e. The minimum Gasteiger partial charge on any atom is -0.455 e. The summed E-state index contributed by atoms with van der Waals surface area (Å²) >= 11 is 6.05. The number of sulfonamides is 1. The Bertz CT molecular complexity index is 773. The zero-order chi connectivity index (χ0) is 19.3. The van der Waals surface area contributed by atoms with Gasteiger partial charge in [0.05, 0.1) is 10.9 Å². The SMILES string of the molecule is CCN(CC)S(=O)(=O)c1cc(NC(=O)COC(=O)C2CCC2)ccc1Cl. The molecule has 0 atom stereocenters. The quantitative estimate of drug-likeness (QED) is 0.675. The van der Waals surface area contributed by atoms with E-state index in [1.807, 2.05) is 0 Å². The van der Waals surface area contributed by atoms with Gasteiger partial charge < -0.3 is 10.1 Å². The van der Waals surface area contributed by atoms with Crippen molar-refractivity contribution in [2.75, 3.05) is 25.0 Å². The van der Waals surface area contributed by atoms with Crippen LogP contribution in [0.15, 0.2) is 23.1 Å². The number of halogens is 1. The summed E-state index contributed by atoms with van der Waals surface area (Å²) in [6, 6.07) is 4.21. The number of nitrogens with zero attached hydrogens (tertiary/aromatic N) is 1. The maximum absolute atomic E-state index is 12.6. The Kier molecular flexibility index (Phi) is 7.02.